The standard InChI is InChI=1S/C24H25ClN2O.C2H7N/c1-3-4-16-26-22-12-14-23(15-13-22)27(2)24(28)19-10-8-18(9-11-19)20-6-5-7-21(25)17-20;1-3-2/h5-15,17,26H,3-4,16H2,1-2H3;3H,1-2H3. The Bertz CT molecular complexity index is 940. The lowest BCUT2D eigenvalue weighted by Gasteiger charge is -2.18. The molecular formula is C26H32ClN3O. The highest BCUT2D eigenvalue weighted by Gasteiger charge is 2.13. The maximum Gasteiger partial charge on any atom is 0.258 e. The molecule has 0 aromatic heterocycles. The van der Waals surface area contributed by atoms with Crippen LogP contribution in [0.15, 0.2) is 72.8 Å². The van der Waals surface area contributed by atoms with Gasteiger partial charge in [0.1, 0.15) is 0 Å². The first kappa shape index (κ1) is 24.4. The molecule has 0 radical (unpaired) electrons. The van der Waals surface area contributed by atoms with E-state index in [1.807, 2.05) is 86.9 Å². The Morgan fingerprint density at radius 1 is 0.935 bits per heavy atom. The van der Waals surface area contributed by atoms with Crippen LogP contribution in [-0.4, -0.2) is 33.6 Å². The predicted octanol–water partition coefficient (Wildman–Crippen LogP) is 6.33. The van der Waals surface area contributed by atoms with Crippen LogP contribution in [0.5, 0.6) is 0 Å². The minimum absolute atomic E-state index is 0.0377. The van der Waals surface area contributed by atoms with Gasteiger partial charge in [-0.05, 0) is 80.2 Å². The lowest BCUT2D eigenvalue weighted by atomic mass is 10.0. The molecule has 1 amide bonds. The first-order valence-electron chi connectivity index (χ1n) is 10.6. The zero-order chi connectivity index (χ0) is 22.6. The van der Waals surface area contributed by atoms with E-state index in [9.17, 15) is 4.79 Å². The highest BCUT2D eigenvalue weighted by atomic mass is 35.5. The summed E-state index contributed by atoms with van der Waals surface area (Å²) >= 11 is 6.07. The summed E-state index contributed by atoms with van der Waals surface area (Å²) in [6.45, 7) is 3.14. The zero-order valence-corrected chi connectivity index (χ0v) is 19.5. The van der Waals surface area contributed by atoms with Crippen LogP contribution in [0.3, 0.4) is 0 Å². The van der Waals surface area contributed by atoms with Crippen molar-refractivity contribution < 1.29 is 4.79 Å². The SMILES string of the molecule is CCCCNc1ccc(N(C)C(=O)c2ccc(-c3cccc(Cl)c3)cc2)cc1.CNC. The van der Waals surface area contributed by atoms with Gasteiger partial charge in [0.05, 0.1) is 0 Å². The highest BCUT2D eigenvalue weighted by molar-refractivity contribution is 6.30. The topological polar surface area (TPSA) is 44.4 Å². The molecule has 5 heteroatoms. The summed E-state index contributed by atoms with van der Waals surface area (Å²) in [5.41, 5.74) is 4.66. The Morgan fingerprint density at radius 3 is 2.16 bits per heavy atom. The third kappa shape index (κ3) is 7.42. The summed E-state index contributed by atoms with van der Waals surface area (Å²) in [7, 11) is 5.55. The highest BCUT2D eigenvalue weighted by Crippen LogP contribution is 2.24. The van der Waals surface area contributed by atoms with Gasteiger partial charge in [0.2, 0.25) is 0 Å². The van der Waals surface area contributed by atoms with E-state index in [4.69, 9.17) is 11.6 Å². The van der Waals surface area contributed by atoms with Gasteiger partial charge in [0, 0.05) is 35.6 Å². The Hall–Kier alpha value is -2.82. The van der Waals surface area contributed by atoms with E-state index in [0.29, 0.717) is 10.6 Å². The van der Waals surface area contributed by atoms with E-state index in [2.05, 4.69) is 17.6 Å². The number of rotatable bonds is 7. The molecule has 164 valence electrons. The number of unbranched alkanes of at least 4 members (excludes halogenated alkanes) is 1. The van der Waals surface area contributed by atoms with Crippen molar-refractivity contribution in [3.63, 3.8) is 0 Å². The molecule has 0 heterocycles. The second kappa shape index (κ2) is 12.8. The van der Waals surface area contributed by atoms with Gasteiger partial charge in [-0.2, -0.15) is 0 Å². The fourth-order valence-electron chi connectivity index (χ4n) is 3.00. The third-order valence-corrected chi connectivity index (χ3v) is 4.94. The molecule has 0 saturated carbocycles. The van der Waals surface area contributed by atoms with E-state index in [0.717, 1.165) is 35.5 Å². The number of amides is 1. The number of carbonyl (C=O) groups is 1. The molecule has 0 aliphatic carbocycles. The predicted molar refractivity (Wildman–Crippen MR) is 134 cm³/mol. The number of benzene rings is 3. The molecule has 0 aliphatic heterocycles. The summed E-state index contributed by atoms with van der Waals surface area (Å²) in [4.78, 5) is 14.5. The lowest BCUT2D eigenvalue weighted by Crippen LogP contribution is -2.26. The monoisotopic (exact) mass is 437 g/mol. The lowest BCUT2D eigenvalue weighted by molar-refractivity contribution is 0.0993. The summed E-state index contributed by atoms with van der Waals surface area (Å²) in [6.07, 6.45) is 2.31. The van der Waals surface area contributed by atoms with E-state index in [1.54, 1.807) is 11.9 Å². The Labute approximate surface area is 191 Å². The minimum Gasteiger partial charge on any atom is -0.385 e. The Kier molecular flexibility index (Phi) is 10.1. The zero-order valence-electron chi connectivity index (χ0n) is 18.8. The van der Waals surface area contributed by atoms with E-state index < -0.39 is 0 Å². The van der Waals surface area contributed by atoms with Crippen molar-refractivity contribution in [2.45, 2.75) is 19.8 Å². The van der Waals surface area contributed by atoms with E-state index in [1.165, 1.54) is 6.42 Å². The molecule has 0 saturated heterocycles. The number of halogens is 1. The maximum absolute atomic E-state index is 12.8. The molecule has 3 rings (SSSR count). The van der Waals surface area contributed by atoms with Crippen molar-refractivity contribution >= 4 is 28.9 Å². The summed E-state index contributed by atoms with van der Waals surface area (Å²) < 4.78 is 0. The van der Waals surface area contributed by atoms with Crippen molar-refractivity contribution in [2.24, 2.45) is 0 Å². The van der Waals surface area contributed by atoms with Crippen molar-refractivity contribution in [2.75, 3.05) is 37.9 Å². The van der Waals surface area contributed by atoms with Crippen LogP contribution < -0.4 is 15.5 Å². The summed E-state index contributed by atoms with van der Waals surface area (Å²) in [5, 5.41) is 6.83. The molecule has 2 N–H and O–H groups in total. The second-order valence-corrected chi connectivity index (χ2v) is 7.72. The number of hydrogen-bond acceptors (Lipinski definition) is 3. The molecule has 4 nitrogen and oxygen atoms in total. The largest absolute Gasteiger partial charge is 0.385 e. The van der Waals surface area contributed by atoms with Crippen LogP contribution in [-0.2, 0) is 0 Å². The number of nitrogens with zero attached hydrogens (tertiary/aromatic N) is 1. The minimum atomic E-state index is -0.0377. The van der Waals surface area contributed by atoms with Crippen molar-refractivity contribution in [3.8, 4) is 11.1 Å². The molecule has 31 heavy (non-hydrogen) atoms. The average molecular weight is 438 g/mol. The molecule has 0 spiro atoms. The second-order valence-electron chi connectivity index (χ2n) is 7.28. The smallest absolute Gasteiger partial charge is 0.258 e. The normalized spacial score (nSPS) is 10.1. The van der Waals surface area contributed by atoms with Crippen LogP contribution in [0.4, 0.5) is 11.4 Å². The molecule has 3 aromatic carbocycles. The summed E-state index contributed by atoms with van der Waals surface area (Å²) in [5.74, 6) is -0.0377. The first-order chi connectivity index (χ1) is 15.0. The molecule has 0 bridgehead atoms. The van der Waals surface area contributed by atoms with E-state index >= 15 is 0 Å². The van der Waals surface area contributed by atoms with E-state index in [-0.39, 0.29) is 5.91 Å². The Morgan fingerprint density at radius 2 is 1.58 bits per heavy atom. The average Bonchev–Trinajstić information content (AvgIpc) is 2.79. The Balaban J connectivity index is 0.00000107. The van der Waals surface area contributed by atoms with Gasteiger partial charge in [-0.1, -0.05) is 49.2 Å². The van der Waals surface area contributed by atoms with Crippen LogP contribution >= 0.6 is 11.6 Å². The number of hydrogen-bond donors (Lipinski definition) is 2. The van der Waals surface area contributed by atoms with Gasteiger partial charge in [-0.3, -0.25) is 4.79 Å². The summed E-state index contributed by atoms with van der Waals surface area (Å²) in [6, 6.07) is 23.3. The van der Waals surface area contributed by atoms with Gasteiger partial charge < -0.3 is 15.5 Å². The fourth-order valence-corrected chi connectivity index (χ4v) is 3.19. The molecule has 0 atom stereocenters. The fraction of sp³-hybridized carbons (Fsp3) is 0.269. The van der Waals surface area contributed by atoms with Gasteiger partial charge in [-0.15, -0.1) is 0 Å². The van der Waals surface area contributed by atoms with Crippen LogP contribution in [0.25, 0.3) is 11.1 Å². The van der Waals surface area contributed by atoms with Crippen LogP contribution in [0, 0.1) is 0 Å². The van der Waals surface area contributed by atoms with Crippen molar-refractivity contribution in [1.82, 2.24) is 5.32 Å². The number of nitrogens with one attached hydrogen (secondary N) is 2. The number of carbonyl (C=O) groups excluding carboxylic acids is 1. The van der Waals surface area contributed by atoms with Crippen molar-refractivity contribution in [3.05, 3.63) is 83.4 Å². The van der Waals surface area contributed by atoms with Gasteiger partial charge in [-0.25, -0.2) is 0 Å². The van der Waals surface area contributed by atoms with Gasteiger partial charge >= 0.3 is 0 Å². The van der Waals surface area contributed by atoms with Gasteiger partial charge in [0.15, 0.2) is 0 Å². The molecule has 0 fully saturated rings. The first-order valence-corrected chi connectivity index (χ1v) is 10.9. The molecule has 0 aliphatic rings. The maximum atomic E-state index is 12.8. The van der Waals surface area contributed by atoms with Gasteiger partial charge in [0.25, 0.3) is 5.91 Å². The molecule has 0 unspecified atom stereocenters. The molecule has 3 aromatic rings. The quantitative estimate of drug-likeness (QED) is 0.424. The third-order valence-electron chi connectivity index (χ3n) is 4.71. The number of anilines is 2. The van der Waals surface area contributed by atoms with Crippen LogP contribution in [0.1, 0.15) is 30.1 Å². The van der Waals surface area contributed by atoms with Crippen LogP contribution in [0.2, 0.25) is 5.02 Å². The molecular weight excluding hydrogens is 406 g/mol. The van der Waals surface area contributed by atoms with Crippen molar-refractivity contribution in [1.29, 1.82) is 0 Å².